The fourth-order valence-electron chi connectivity index (χ4n) is 2.58. The van der Waals surface area contributed by atoms with Crippen LogP contribution in [0.1, 0.15) is 12.5 Å². The van der Waals surface area contributed by atoms with E-state index in [0.717, 1.165) is 19.5 Å². The second-order valence-corrected chi connectivity index (χ2v) is 6.01. The number of rotatable bonds is 2. The maximum atomic E-state index is 2.54. The van der Waals surface area contributed by atoms with Crippen LogP contribution in [0.4, 0.5) is 5.69 Å². The summed E-state index contributed by atoms with van der Waals surface area (Å²) in [6, 6.07) is 6.91. The van der Waals surface area contributed by atoms with E-state index in [9.17, 15) is 0 Å². The van der Waals surface area contributed by atoms with Crippen LogP contribution in [0.3, 0.4) is 0 Å². The predicted molar refractivity (Wildman–Crippen MR) is 80.9 cm³/mol. The van der Waals surface area contributed by atoms with Gasteiger partial charge in [0.2, 0.25) is 0 Å². The summed E-state index contributed by atoms with van der Waals surface area (Å²) in [7, 11) is 2.21. The summed E-state index contributed by atoms with van der Waals surface area (Å²) in [5, 5.41) is 3.78. The third-order valence-corrected chi connectivity index (χ3v) is 4.82. The summed E-state index contributed by atoms with van der Waals surface area (Å²) < 4.78 is 1.42. The van der Waals surface area contributed by atoms with E-state index in [1.165, 1.54) is 34.4 Å². The van der Waals surface area contributed by atoms with Crippen molar-refractivity contribution in [3.63, 3.8) is 0 Å². The highest BCUT2D eigenvalue weighted by Gasteiger charge is 2.17. The molecule has 0 saturated carbocycles. The van der Waals surface area contributed by atoms with Crippen molar-refractivity contribution in [1.29, 1.82) is 0 Å². The molecule has 96 valence electrons. The van der Waals surface area contributed by atoms with Gasteiger partial charge in [-0.2, -0.15) is 0 Å². The van der Waals surface area contributed by atoms with E-state index in [1.54, 1.807) is 0 Å². The molecule has 0 aliphatic carbocycles. The molecule has 3 heteroatoms. The Bertz CT molecular complexity index is 538. The van der Waals surface area contributed by atoms with Crippen LogP contribution >= 0.6 is 11.3 Å². The molecule has 0 N–H and O–H groups in total. The van der Waals surface area contributed by atoms with E-state index in [2.05, 4.69) is 47.4 Å². The molecule has 2 aromatic rings. The first kappa shape index (κ1) is 12.0. The van der Waals surface area contributed by atoms with Crippen LogP contribution in [0.5, 0.6) is 0 Å². The number of nitrogens with zero attached hydrogens (tertiary/aromatic N) is 2. The number of piperazine rings is 1. The Kier molecular flexibility index (Phi) is 3.27. The van der Waals surface area contributed by atoms with Gasteiger partial charge in [-0.15, -0.1) is 11.3 Å². The summed E-state index contributed by atoms with van der Waals surface area (Å²) in [6.45, 7) is 6.87. The molecule has 0 amide bonds. The molecule has 1 aromatic heterocycles. The Balaban J connectivity index is 1.96. The maximum Gasteiger partial charge on any atom is 0.0555 e. The van der Waals surface area contributed by atoms with Crippen LogP contribution in [0.25, 0.3) is 10.1 Å². The van der Waals surface area contributed by atoms with Gasteiger partial charge < -0.3 is 9.80 Å². The number of anilines is 1. The van der Waals surface area contributed by atoms with Crippen molar-refractivity contribution in [2.45, 2.75) is 13.3 Å². The van der Waals surface area contributed by atoms with Crippen molar-refractivity contribution in [3.8, 4) is 0 Å². The van der Waals surface area contributed by atoms with Crippen molar-refractivity contribution in [2.24, 2.45) is 0 Å². The first-order chi connectivity index (χ1) is 8.78. The van der Waals surface area contributed by atoms with Gasteiger partial charge in [-0.3, -0.25) is 0 Å². The standard InChI is InChI=1S/C15H20N2S/c1-3-12-4-5-15-13(10-12)14(11-18-15)17-8-6-16(2)7-9-17/h4-5,10-11H,3,6-9H2,1-2H3. The molecule has 1 aliphatic rings. The zero-order valence-electron chi connectivity index (χ0n) is 11.1. The van der Waals surface area contributed by atoms with Crippen LogP contribution in [0, 0.1) is 0 Å². The maximum absolute atomic E-state index is 2.54. The molecule has 1 aliphatic heterocycles. The molecule has 3 rings (SSSR count). The third-order valence-electron chi connectivity index (χ3n) is 3.87. The Morgan fingerprint density at radius 2 is 1.94 bits per heavy atom. The van der Waals surface area contributed by atoms with Crippen molar-refractivity contribution in [3.05, 3.63) is 29.1 Å². The molecule has 0 unspecified atom stereocenters. The molecular formula is C15H20N2S. The average molecular weight is 260 g/mol. The number of fused-ring (bicyclic) bond motifs is 1. The molecule has 18 heavy (non-hydrogen) atoms. The number of thiophene rings is 1. The van der Waals surface area contributed by atoms with E-state index in [1.807, 2.05) is 11.3 Å². The molecule has 2 heterocycles. The molecule has 0 bridgehead atoms. The van der Waals surface area contributed by atoms with E-state index in [4.69, 9.17) is 0 Å². The van der Waals surface area contributed by atoms with Gasteiger partial charge in [0.1, 0.15) is 0 Å². The second kappa shape index (κ2) is 4.90. The lowest BCUT2D eigenvalue weighted by Crippen LogP contribution is -2.44. The Hall–Kier alpha value is -1.06. The minimum absolute atomic E-state index is 1.12. The molecule has 1 saturated heterocycles. The van der Waals surface area contributed by atoms with Crippen LogP contribution in [0.2, 0.25) is 0 Å². The Morgan fingerprint density at radius 1 is 1.17 bits per heavy atom. The van der Waals surface area contributed by atoms with Gasteiger partial charge in [0.05, 0.1) is 5.69 Å². The largest absolute Gasteiger partial charge is 0.368 e. The van der Waals surface area contributed by atoms with Gasteiger partial charge in [-0.1, -0.05) is 13.0 Å². The number of hydrogen-bond donors (Lipinski definition) is 0. The Morgan fingerprint density at radius 3 is 2.67 bits per heavy atom. The molecular weight excluding hydrogens is 240 g/mol. The highest BCUT2D eigenvalue weighted by molar-refractivity contribution is 7.17. The Labute approximate surface area is 113 Å². The lowest BCUT2D eigenvalue weighted by atomic mass is 10.1. The number of aryl methyl sites for hydroxylation is 1. The summed E-state index contributed by atoms with van der Waals surface area (Å²) >= 11 is 1.87. The topological polar surface area (TPSA) is 6.48 Å². The number of likely N-dealkylation sites (N-methyl/N-ethyl adjacent to an activating group) is 1. The van der Waals surface area contributed by atoms with Crippen molar-refractivity contribution in [2.75, 3.05) is 38.1 Å². The fraction of sp³-hybridized carbons (Fsp3) is 0.467. The highest BCUT2D eigenvalue weighted by Crippen LogP contribution is 2.34. The summed E-state index contributed by atoms with van der Waals surface area (Å²) in [5.41, 5.74) is 2.88. The van der Waals surface area contributed by atoms with Crippen molar-refractivity contribution < 1.29 is 0 Å². The van der Waals surface area contributed by atoms with Crippen molar-refractivity contribution >= 4 is 27.1 Å². The van der Waals surface area contributed by atoms with Gasteiger partial charge in [0, 0.05) is 41.6 Å². The highest BCUT2D eigenvalue weighted by atomic mass is 32.1. The van der Waals surface area contributed by atoms with E-state index >= 15 is 0 Å². The molecule has 1 aromatic carbocycles. The van der Waals surface area contributed by atoms with Crippen LogP contribution < -0.4 is 4.90 Å². The minimum Gasteiger partial charge on any atom is -0.368 e. The zero-order chi connectivity index (χ0) is 12.5. The van der Waals surface area contributed by atoms with Crippen LogP contribution in [-0.2, 0) is 6.42 Å². The smallest absolute Gasteiger partial charge is 0.0555 e. The van der Waals surface area contributed by atoms with Gasteiger partial charge in [-0.05, 0) is 31.2 Å². The fourth-order valence-corrected chi connectivity index (χ4v) is 3.53. The van der Waals surface area contributed by atoms with Gasteiger partial charge in [-0.25, -0.2) is 0 Å². The lowest BCUT2D eigenvalue weighted by Gasteiger charge is -2.33. The average Bonchev–Trinajstić information content (AvgIpc) is 2.82. The lowest BCUT2D eigenvalue weighted by molar-refractivity contribution is 0.313. The first-order valence-electron chi connectivity index (χ1n) is 6.71. The predicted octanol–water partition coefficient (Wildman–Crippen LogP) is 3.22. The molecule has 0 atom stereocenters. The minimum atomic E-state index is 1.12. The quantitative estimate of drug-likeness (QED) is 0.818. The molecule has 1 fully saturated rings. The SMILES string of the molecule is CCc1ccc2scc(N3CCN(C)CC3)c2c1. The van der Waals surface area contributed by atoms with E-state index in [-0.39, 0.29) is 0 Å². The summed E-state index contributed by atoms with van der Waals surface area (Å²) in [4.78, 5) is 4.95. The van der Waals surface area contributed by atoms with E-state index in [0.29, 0.717) is 0 Å². The number of hydrogen-bond acceptors (Lipinski definition) is 3. The summed E-state index contributed by atoms with van der Waals surface area (Å²) in [6.07, 6.45) is 1.12. The molecule has 2 nitrogen and oxygen atoms in total. The van der Waals surface area contributed by atoms with Gasteiger partial charge >= 0.3 is 0 Å². The second-order valence-electron chi connectivity index (χ2n) is 5.10. The van der Waals surface area contributed by atoms with Crippen LogP contribution in [-0.4, -0.2) is 38.1 Å². The normalized spacial score (nSPS) is 17.6. The van der Waals surface area contributed by atoms with Gasteiger partial charge in [0.15, 0.2) is 0 Å². The molecule has 0 radical (unpaired) electrons. The molecule has 0 spiro atoms. The number of benzene rings is 1. The monoisotopic (exact) mass is 260 g/mol. The van der Waals surface area contributed by atoms with Crippen molar-refractivity contribution in [1.82, 2.24) is 4.90 Å². The first-order valence-corrected chi connectivity index (χ1v) is 7.59. The summed E-state index contributed by atoms with van der Waals surface area (Å²) in [5.74, 6) is 0. The van der Waals surface area contributed by atoms with E-state index < -0.39 is 0 Å². The third kappa shape index (κ3) is 2.13. The van der Waals surface area contributed by atoms with Gasteiger partial charge in [0.25, 0.3) is 0 Å². The van der Waals surface area contributed by atoms with Crippen LogP contribution in [0.15, 0.2) is 23.6 Å². The zero-order valence-corrected chi connectivity index (χ0v) is 12.0.